The van der Waals surface area contributed by atoms with E-state index in [0.29, 0.717) is 11.8 Å². The third-order valence-electron chi connectivity index (χ3n) is 4.57. The average molecular weight is 354 g/mol. The summed E-state index contributed by atoms with van der Waals surface area (Å²) in [6.07, 6.45) is 7.16. The Morgan fingerprint density at radius 3 is 3.12 bits per heavy atom. The number of nitrogens with zero attached hydrogens (tertiary/aromatic N) is 5. The number of nitrogens with two attached hydrogens (primary N) is 1. The molecule has 25 heavy (non-hydrogen) atoms. The lowest BCUT2D eigenvalue weighted by Gasteiger charge is -2.21. The fourth-order valence-corrected chi connectivity index (χ4v) is 4.11. The monoisotopic (exact) mass is 354 g/mol. The Morgan fingerprint density at radius 2 is 2.28 bits per heavy atom. The van der Waals surface area contributed by atoms with E-state index in [9.17, 15) is 0 Å². The van der Waals surface area contributed by atoms with Crippen LogP contribution in [0.25, 0.3) is 11.3 Å². The third kappa shape index (κ3) is 2.80. The van der Waals surface area contributed by atoms with Crippen molar-refractivity contribution >= 4 is 34.1 Å². The number of H-pyrrole nitrogens is 1. The molecule has 8 nitrogen and oxygen atoms in total. The van der Waals surface area contributed by atoms with Gasteiger partial charge in [-0.2, -0.15) is 10.1 Å². The first kappa shape index (κ1) is 14.6. The Hall–Kier alpha value is -2.68. The van der Waals surface area contributed by atoms with E-state index in [-0.39, 0.29) is 0 Å². The highest BCUT2D eigenvalue weighted by molar-refractivity contribution is 7.16. The van der Waals surface area contributed by atoms with Gasteiger partial charge in [0.05, 0.1) is 17.5 Å². The normalized spacial score (nSPS) is 16.2. The molecule has 9 heteroatoms. The average Bonchev–Trinajstić information content (AvgIpc) is 3.16. The van der Waals surface area contributed by atoms with Gasteiger partial charge >= 0.3 is 0 Å². The minimum atomic E-state index is 0.434. The van der Waals surface area contributed by atoms with E-state index in [0.717, 1.165) is 47.6 Å². The first-order chi connectivity index (χ1) is 12.3. The van der Waals surface area contributed by atoms with E-state index in [1.165, 1.54) is 17.7 Å². The zero-order valence-electron chi connectivity index (χ0n) is 13.6. The first-order valence-electron chi connectivity index (χ1n) is 8.40. The van der Waals surface area contributed by atoms with Crippen LogP contribution in [0, 0.1) is 5.92 Å². The second kappa shape index (κ2) is 5.69. The maximum Gasteiger partial charge on any atom is 0.230 e. The molecule has 1 fully saturated rings. The number of thiazole rings is 1. The molecule has 4 heterocycles. The smallest absolute Gasteiger partial charge is 0.230 e. The molecule has 0 unspecified atom stereocenters. The Morgan fingerprint density at radius 1 is 1.36 bits per heavy atom. The quantitative estimate of drug-likeness (QED) is 0.660. The summed E-state index contributed by atoms with van der Waals surface area (Å²) in [6.45, 7) is 2.08. The Labute approximate surface area is 148 Å². The molecular formula is C16H18N8S. The summed E-state index contributed by atoms with van der Waals surface area (Å²) in [7, 11) is 0. The molecule has 0 amide bonds. The summed E-state index contributed by atoms with van der Waals surface area (Å²) < 4.78 is 0. The van der Waals surface area contributed by atoms with Crippen molar-refractivity contribution in [2.75, 3.05) is 29.0 Å². The minimum Gasteiger partial charge on any atom is -0.384 e. The van der Waals surface area contributed by atoms with Gasteiger partial charge in [-0.15, -0.1) is 11.3 Å². The number of hydrogen-bond acceptors (Lipinski definition) is 8. The fourth-order valence-electron chi connectivity index (χ4n) is 3.15. The lowest BCUT2D eigenvalue weighted by Crippen LogP contribution is -2.27. The van der Waals surface area contributed by atoms with Crippen molar-refractivity contribution < 1.29 is 0 Å². The second-order valence-corrected chi connectivity index (χ2v) is 7.58. The Kier molecular flexibility index (Phi) is 3.34. The number of nitrogen functional groups attached to an aromatic ring is 1. The Balaban J connectivity index is 1.46. The lowest BCUT2D eigenvalue weighted by atomic mass is 10.2. The van der Waals surface area contributed by atoms with Crippen LogP contribution >= 0.6 is 11.3 Å². The van der Waals surface area contributed by atoms with Crippen molar-refractivity contribution in [2.45, 2.75) is 19.3 Å². The van der Waals surface area contributed by atoms with E-state index in [1.54, 1.807) is 23.6 Å². The van der Waals surface area contributed by atoms with Crippen LogP contribution in [0.2, 0.25) is 0 Å². The van der Waals surface area contributed by atoms with Crippen LogP contribution in [0.15, 0.2) is 18.5 Å². The van der Waals surface area contributed by atoms with Crippen molar-refractivity contribution in [3.05, 3.63) is 23.3 Å². The molecule has 0 radical (unpaired) electrons. The summed E-state index contributed by atoms with van der Waals surface area (Å²) in [6, 6.07) is 1.66. The number of rotatable bonds is 4. The van der Waals surface area contributed by atoms with Crippen LogP contribution in [0.4, 0.5) is 22.7 Å². The molecule has 2 aliphatic rings. The SMILES string of the molecule is Nc1ccnc(Nc2nc3c(s2)CCN(CC2CC2)c2[nH]ncc2-3)n1. The zero-order chi connectivity index (χ0) is 16.8. The first-order valence-corrected chi connectivity index (χ1v) is 9.22. The van der Waals surface area contributed by atoms with Crippen LogP contribution < -0.4 is 16.0 Å². The van der Waals surface area contributed by atoms with Crippen LogP contribution in [-0.2, 0) is 6.42 Å². The van der Waals surface area contributed by atoms with E-state index in [4.69, 9.17) is 10.7 Å². The summed E-state index contributed by atoms with van der Waals surface area (Å²) in [5, 5.41) is 11.4. The minimum absolute atomic E-state index is 0.434. The van der Waals surface area contributed by atoms with Gasteiger partial charge in [0, 0.05) is 30.6 Å². The predicted octanol–water partition coefficient (Wildman–Crippen LogP) is 2.42. The Bertz CT molecular complexity index is 913. The molecule has 1 aliphatic heterocycles. The topological polar surface area (TPSA) is 109 Å². The van der Waals surface area contributed by atoms with Crippen molar-refractivity contribution in [3.63, 3.8) is 0 Å². The summed E-state index contributed by atoms with van der Waals surface area (Å²) >= 11 is 1.64. The number of fused-ring (bicyclic) bond motifs is 3. The largest absolute Gasteiger partial charge is 0.384 e. The van der Waals surface area contributed by atoms with E-state index >= 15 is 0 Å². The van der Waals surface area contributed by atoms with Gasteiger partial charge < -0.3 is 10.6 Å². The number of anilines is 4. The number of aromatic nitrogens is 5. The van der Waals surface area contributed by atoms with Gasteiger partial charge in [-0.25, -0.2) is 9.97 Å². The van der Waals surface area contributed by atoms with Crippen molar-refractivity contribution in [1.29, 1.82) is 0 Å². The highest BCUT2D eigenvalue weighted by Crippen LogP contribution is 2.40. The van der Waals surface area contributed by atoms with Gasteiger partial charge in [-0.3, -0.25) is 10.4 Å². The molecule has 128 valence electrons. The van der Waals surface area contributed by atoms with Crippen LogP contribution in [0.3, 0.4) is 0 Å². The summed E-state index contributed by atoms with van der Waals surface area (Å²) in [5.41, 5.74) is 7.79. The van der Waals surface area contributed by atoms with Gasteiger partial charge in [-0.1, -0.05) is 0 Å². The van der Waals surface area contributed by atoms with Gasteiger partial charge in [0.15, 0.2) is 5.13 Å². The second-order valence-electron chi connectivity index (χ2n) is 6.49. The van der Waals surface area contributed by atoms with Gasteiger partial charge in [-0.05, 0) is 24.8 Å². The third-order valence-corrected chi connectivity index (χ3v) is 5.60. The predicted molar refractivity (Wildman–Crippen MR) is 98.1 cm³/mol. The lowest BCUT2D eigenvalue weighted by molar-refractivity contribution is 0.712. The van der Waals surface area contributed by atoms with Crippen molar-refractivity contribution in [1.82, 2.24) is 25.1 Å². The molecule has 1 saturated carbocycles. The maximum absolute atomic E-state index is 5.71. The molecule has 4 N–H and O–H groups in total. The number of nitrogens with one attached hydrogen (secondary N) is 2. The summed E-state index contributed by atoms with van der Waals surface area (Å²) in [4.78, 5) is 16.8. The van der Waals surface area contributed by atoms with E-state index < -0.39 is 0 Å². The molecule has 0 aromatic carbocycles. The van der Waals surface area contributed by atoms with E-state index in [1.807, 2.05) is 6.20 Å². The van der Waals surface area contributed by atoms with Gasteiger partial charge in [0.25, 0.3) is 0 Å². The van der Waals surface area contributed by atoms with Gasteiger partial charge in [0.2, 0.25) is 5.95 Å². The molecular weight excluding hydrogens is 336 g/mol. The molecule has 3 aromatic rings. The fraction of sp³-hybridized carbons (Fsp3) is 0.375. The molecule has 0 saturated heterocycles. The number of hydrogen-bond donors (Lipinski definition) is 3. The molecule has 0 bridgehead atoms. The molecule has 3 aromatic heterocycles. The van der Waals surface area contributed by atoms with Crippen LogP contribution in [0.1, 0.15) is 17.7 Å². The van der Waals surface area contributed by atoms with Gasteiger partial charge in [0.1, 0.15) is 11.6 Å². The highest BCUT2D eigenvalue weighted by Gasteiger charge is 2.30. The molecule has 5 rings (SSSR count). The molecule has 1 aliphatic carbocycles. The zero-order valence-corrected chi connectivity index (χ0v) is 14.4. The van der Waals surface area contributed by atoms with Crippen LogP contribution in [-0.4, -0.2) is 38.2 Å². The molecule has 0 atom stereocenters. The number of aromatic amines is 1. The summed E-state index contributed by atoms with van der Waals surface area (Å²) in [5.74, 6) is 2.82. The van der Waals surface area contributed by atoms with E-state index in [2.05, 4.69) is 30.4 Å². The van der Waals surface area contributed by atoms with Crippen molar-refractivity contribution in [2.24, 2.45) is 5.92 Å². The van der Waals surface area contributed by atoms with Crippen molar-refractivity contribution in [3.8, 4) is 11.3 Å². The maximum atomic E-state index is 5.71. The highest BCUT2D eigenvalue weighted by atomic mass is 32.1. The molecule has 0 spiro atoms. The van der Waals surface area contributed by atoms with Crippen LogP contribution in [0.5, 0.6) is 0 Å². The standard InChI is InChI=1S/C16H18N8S/c17-12-3-5-18-15(20-12)22-16-21-13-10-7-19-23-14(10)24(8-9-1-2-9)6-4-11(13)25-16/h3,5,7,9H,1-2,4,6,8H2,(H,19,23)(H3,17,18,20,21,22).